The summed E-state index contributed by atoms with van der Waals surface area (Å²) in [6.07, 6.45) is 1.74. The zero-order chi connectivity index (χ0) is 13.1. The summed E-state index contributed by atoms with van der Waals surface area (Å²) in [7, 11) is -0.757. The second-order valence-corrected chi connectivity index (χ2v) is 8.06. The van der Waals surface area contributed by atoms with E-state index in [4.69, 9.17) is 0 Å². The molecular weight excluding hydrogens is 252 g/mol. The molecule has 1 aromatic heterocycles. The molecule has 1 aromatic rings. The number of thiazole rings is 1. The van der Waals surface area contributed by atoms with Crippen molar-refractivity contribution in [3.05, 3.63) is 16.1 Å². The lowest BCUT2D eigenvalue weighted by molar-refractivity contribution is 0.568. The van der Waals surface area contributed by atoms with Crippen molar-refractivity contribution in [2.45, 2.75) is 44.9 Å². The summed E-state index contributed by atoms with van der Waals surface area (Å²) in [5.74, 6) is 0. The fourth-order valence-electron chi connectivity index (χ4n) is 1.24. The van der Waals surface area contributed by atoms with E-state index in [-0.39, 0.29) is 10.7 Å². The molecule has 0 spiro atoms. The maximum atomic E-state index is 11.2. The highest BCUT2D eigenvalue weighted by molar-refractivity contribution is 7.84. The third-order valence-electron chi connectivity index (χ3n) is 2.59. The molecule has 0 saturated carbocycles. The van der Waals surface area contributed by atoms with Gasteiger partial charge in [0.05, 0.1) is 5.69 Å². The van der Waals surface area contributed by atoms with Crippen LogP contribution in [0.5, 0.6) is 0 Å². The number of aromatic nitrogens is 1. The molecule has 0 aliphatic heterocycles. The summed E-state index contributed by atoms with van der Waals surface area (Å²) in [5, 5.41) is 6.72. The normalized spacial score (nSPS) is 15.8. The smallest absolute Gasteiger partial charge is 0.107 e. The quantitative estimate of drug-likeness (QED) is 0.896. The highest BCUT2D eigenvalue weighted by atomic mass is 32.2. The van der Waals surface area contributed by atoms with E-state index >= 15 is 0 Å². The third-order valence-corrected chi connectivity index (χ3v) is 4.74. The molecule has 3 nitrogen and oxygen atoms in total. The average Bonchev–Trinajstić information content (AvgIpc) is 2.65. The molecule has 2 atom stereocenters. The number of nitrogens with one attached hydrogen (secondary N) is 1. The Morgan fingerprint density at radius 2 is 2.18 bits per heavy atom. The van der Waals surface area contributed by atoms with E-state index in [0.717, 1.165) is 23.8 Å². The molecule has 0 bridgehead atoms. The second kappa shape index (κ2) is 6.07. The highest BCUT2D eigenvalue weighted by Gasteiger charge is 2.17. The summed E-state index contributed by atoms with van der Waals surface area (Å²) in [6.45, 7) is 10.0. The van der Waals surface area contributed by atoms with Crippen LogP contribution in [-0.2, 0) is 22.8 Å². The fraction of sp³-hybridized carbons (Fsp3) is 0.750. The SMILES string of the molecule is CC(CNCc1nc(C(C)(C)C)cs1)S(C)=O. The topological polar surface area (TPSA) is 42.0 Å². The van der Waals surface area contributed by atoms with Crippen molar-refractivity contribution < 1.29 is 4.21 Å². The van der Waals surface area contributed by atoms with Crippen LogP contribution < -0.4 is 5.32 Å². The van der Waals surface area contributed by atoms with E-state index in [0.29, 0.717) is 0 Å². The molecule has 0 fully saturated rings. The summed E-state index contributed by atoms with van der Waals surface area (Å²) >= 11 is 1.69. The first-order chi connectivity index (χ1) is 7.80. The Balaban J connectivity index is 2.43. The molecule has 0 saturated heterocycles. The minimum absolute atomic E-state index is 0.118. The Bertz CT molecular complexity index is 382. The molecule has 1 rings (SSSR count). The van der Waals surface area contributed by atoms with E-state index in [9.17, 15) is 4.21 Å². The molecule has 1 N–H and O–H groups in total. The molecule has 98 valence electrons. The largest absolute Gasteiger partial charge is 0.309 e. The maximum absolute atomic E-state index is 11.2. The van der Waals surface area contributed by atoms with E-state index in [2.05, 4.69) is 36.5 Å². The maximum Gasteiger partial charge on any atom is 0.107 e. The number of hydrogen-bond acceptors (Lipinski definition) is 4. The van der Waals surface area contributed by atoms with Gasteiger partial charge in [-0.15, -0.1) is 11.3 Å². The average molecular weight is 274 g/mol. The van der Waals surface area contributed by atoms with Gasteiger partial charge >= 0.3 is 0 Å². The van der Waals surface area contributed by atoms with E-state index < -0.39 is 10.8 Å². The third kappa shape index (κ3) is 4.85. The van der Waals surface area contributed by atoms with Gasteiger partial charge in [0.2, 0.25) is 0 Å². The summed E-state index contributed by atoms with van der Waals surface area (Å²) < 4.78 is 11.2. The first-order valence-electron chi connectivity index (χ1n) is 5.78. The van der Waals surface area contributed by atoms with Crippen molar-refractivity contribution in [1.29, 1.82) is 0 Å². The van der Waals surface area contributed by atoms with Crippen LogP contribution in [0.4, 0.5) is 0 Å². The van der Waals surface area contributed by atoms with Gasteiger partial charge in [-0.1, -0.05) is 20.8 Å². The molecular formula is C12H22N2OS2. The molecule has 2 unspecified atom stereocenters. The lowest BCUT2D eigenvalue weighted by Crippen LogP contribution is -2.27. The lowest BCUT2D eigenvalue weighted by Gasteiger charge is -2.14. The zero-order valence-corrected chi connectivity index (χ0v) is 12.9. The summed E-state index contributed by atoms with van der Waals surface area (Å²) in [6, 6.07) is 0. The van der Waals surface area contributed by atoms with Crippen molar-refractivity contribution in [2.24, 2.45) is 0 Å². The van der Waals surface area contributed by atoms with E-state index in [1.807, 2.05) is 6.92 Å². The van der Waals surface area contributed by atoms with Crippen molar-refractivity contribution in [2.75, 3.05) is 12.8 Å². The molecule has 0 radical (unpaired) electrons. The van der Waals surface area contributed by atoms with Crippen LogP contribution in [-0.4, -0.2) is 27.2 Å². The highest BCUT2D eigenvalue weighted by Crippen LogP contribution is 2.23. The van der Waals surface area contributed by atoms with Crippen molar-refractivity contribution in [3.8, 4) is 0 Å². The minimum Gasteiger partial charge on any atom is -0.309 e. The van der Waals surface area contributed by atoms with Crippen LogP contribution in [0.2, 0.25) is 0 Å². The Kier molecular flexibility index (Phi) is 5.28. The molecule has 0 aliphatic rings. The van der Waals surface area contributed by atoms with Crippen LogP contribution in [0.25, 0.3) is 0 Å². The van der Waals surface area contributed by atoms with Crippen LogP contribution in [0.1, 0.15) is 38.4 Å². The number of rotatable bonds is 5. The van der Waals surface area contributed by atoms with Gasteiger partial charge in [-0.2, -0.15) is 0 Å². The summed E-state index contributed by atoms with van der Waals surface area (Å²) in [5.41, 5.74) is 1.26. The van der Waals surface area contributed by atoms with E-state index in [1.54, 1.807) is 17.6 Å². The minimum atomic E-state index is -0.757. The van der Waals surface area contributed by atoms with Gasteiger partial charge in [-0.3, -0.25) is 4.21 Å². The van der Waals surface area contributed by atoms with Crippen molar-refractivity contribution in [3.63, 3.8) is 0 Å². The Morgan fingerprint density at radius 1 is 1.53 bits per heavy atom. The monoisotopic (exact) mass is 274 g/mol. The van der Waals surface area contributed by atoms with Crippen molar-refractivity contribution in [1.82, 2.24) is 10.3 Å². The van der Waals surface area contributed by atoms with Crippen molar-refractivity contribution >= 4 is 22.1 Å². The predicted octanol–water partition coefficient (Wildman–Crippen LogP) is 2.30. The molecule has 17 heavy (non-hydrogen) atoms. The standard InChI is InChI=1S/C12H22N2OS2/c1-9(17(5)15)6-13-7-11-14-10(8-16-11)12(2,3)4/h8-9,13H,6-7H2,1-5H3. The predicted molar refractivity (Wildman–Crippen MR) is 76.0 cm³/mol. The molecule has 5 heteroatoms. The second-order valence-electron chi connectivity index (χ2n) is 5.32. The van der Waals surface area contributed by atoms with Crippen LogP contribution in [0, 0.1) is 0 Å². The summed E-state index contributed by atoms with van der Waals surface area (Å²) in [4.78, 5) is 4.60. The Morgan fingerprint density at radius 3 is 2.65 bits per heavy atom. The lowest BCUT2D eigenvalue weighted by atomic mass is 9.93. The van der Waals surface area contributed by atoms with Gasteiger partial charge in [0.15, 0.2) is 0 Å². The van der Waals surface area contributed by atoms with Gasteiger partial charge in [0.1, 0.15) is 5.01 Å². The Hall–Kier alpha value is -0.260. The molecule has 0 aromatic carbocycles. The molecule has 1 heterocycles. The van der Waals surface area contributed by atoms with Crippen LogP contribution in [0.15, 0.2) is 5.38 Å². The van der Waals surface area contributed by atoms with Crippen LogP contribution >= 0.6 is 11.3 Å². The molecule has 0 aliphatic carbocycles. The molecule has 0 amide bonds. The van der Waals surface area contributed by atoms with Gasteiger partial charge in [0.25, 0.3) is 0 Å². The van der Waals surface area contributed by atoms with Crippen LogP contribution in [0.3, 0.4) is 0 Å². The van der Waals surface area contributed by atoms with Gasteiger partial charge in [0, 0.05) is 46.2 Å². The Labute approximate surface area is 111 Å². The fourth-order valence-corrected chi connectivity index (χ4v) is 2.58. The number of nitrogens with zero attached hydrogens (tertiary/aromatic N) is 1. The van der Waals surface area contributed by atoms with Gasteiger partial charge in [-0.05, 0) is 6.92 Å². The van der Waals surface area contributed by atoms with Gasteiger partial charge < -0.3 is 5.32 Å². The first-order valence-corrected chi connectivity index (χ1v) is 8.28. The zero-order valence-electron chi connectivity index (χ0n) is 11.2. The van der Waals surface area contributed by atoms with Gasteiger partial charge in [-0.25, -0.2) is 4.98 Å². The number of hydrogen-bond donors (Lipinski definition) is 1. The first kappa shape index (κ1) is 14.8. The van der Waals surface area contributed by atoms with E-state index in [1.165, 1.54) is 0 Å².